The van der Waals surface area contributed by atoms with E-state index in [0.29, 0.717) is 17.9 Å². The molecule has 0 saturated heterocycles. The molecule has 122 valence electrons. The van der Waals surface area contributed by atoms with Gasteiger partial charge in [-0.1, -0.05) is 6.07 Å². The fourth-order valence-electron chi connectivity index (χ4n) is 2.06. The van der Waals surface area contributed by atoms with E-state index in [1.807, 2.05) is 0 Å². The number of rotatable bonds is 5. The second kappa shape index (κ2) is 7.04. The third-order valence-corrected chi connectivity index (χ3v) is 3.24. The summed E-state index contributed by atoms with van der Waals surface area (Å²) in [5.74, 6) is -1.70. The monoisotopic (exact) mass is 322 g/mol. The molecule has 0 radical (unpaired) electrons. The zero-order valence-electron chi connectivity index (χ0n) is 13.0. The van der Waals surface area contributed by atoms with E-state index >= 15 is 0 Å². The van der Waals surface area contributed by atoms with E-state index in [-0.39, 0.29) is 11.4 Å². The van der Waals surface area contributed by atoms with E-state index in [9.17, 15) is 13.6 Å². The summed E-state index contributed by atoms with van der Waals surface area (Å²) in [4.78, 5) is 17.6. The number of methoxy groups -OCH3 is 2. The van der Waals surface area contributed by atoms with Crippen molar-refractivity contribution in [3.8, 4) is 5.88 Å². The van der Waals surface area contributed by atoms with Gasteiger partial charge in [0.1, 0.15) is 11.4 Å². The average Bonchev–Trinajstić information content (AvgIpc) is 2.56. The Morgan fingerprint density at radius 2 is 1.91 bits per heavy atom. The van der Waals surface area contributed by atoms with Crippen LogP contribution in [0.1, 0.15) is 15.9 Å². The zero-order valence-corrected chi connectivity index (χ0v) is 13.0. The predicted molar refractivity (Wildman–Crippen MR) is 80.6 cm³/mol. The van der Waals surface area contributed by atoms with Gasteiger partial charge in [0.15, 0.2) is 11.6 Å². The maximum atomic E-state index is 13.3. The predicted octanol–water partition coefficient (Wildman–Crippen LogP) is 2.79. The van der Waals surface area contributed by atoms with Gasteiger partial charge in [0.2, 0.25) is 5.88 Å². The highest BCUT2D eigenvalue weighted by Crippen LogP contribution is 2.22. The maximum absolute atomic E-state index is 13.3. The van der Waals surface area contributed by atoms with Gasteiger partial charge in [-0.05, 0) is 29.8 Å². The fourth-order valence-corrected chi connectivity index (χ4v) is 2.06. The molecule has 23 heavy (non-hydrogen) atoms. The normalized spacial score (nSPS) is 10.3. The molecule has 7 heteroatoms. The molecule has 1 aromatic heterocycles. The topological polar surface area (TPSA) is 51.7 Å². The van der Waals surface area contributed by atoms with Crippen LogP contribution in [0.5, 0.6) is 5.88 Å². The summed E-state index contributed by atoms with van der Waals surface area (Å²) < 4.78 is 35.9. The Morgan fingerprint density at radius 1 is 1.17 bits per heavy atom. The van der Waals surface area contributed by atoms with Crippen LogP contribution in [0.3, 0.4) is 0 Å². The van der Waals surface area contributed by atoms with Crippen molar-refractivity contribution in [2.75, 3.05) is 26.2 Å². The summed E-state index contributed by atoms with van der Waals surface area (Å²) in [6.07, 6.45) is 0. The molecule has 0 aliphatic heterocycles. The van der Waals surface area contributed by atoms with Crippen LogP contribution in [0.2, 0.25) is 0 Å². The largest absolute Gasteiger partial charge is 0.480 e. The van der Waals surface area contributed by atoms with Gasteiger partial charge in [0.25, 0.3) is 0 Å². The summed E-state index contributed by atoms with van der Waals surface area (Å²) >= 11 is 0. The molecule has 0 amide bonds. The Balaban J connectivity index is 2.23. The van der Waals surface area contributed by atoms with Crippen molar-refractivity contribution in [2.24, 2.45) is 0 Å². The van der Waals surface area contributed by atoms with Crippen LogP contribution < -0.4 is 9.64 Å². The quantitative estimate of drug-likeness (QED) is 0.792. The Bertz CT molecular complexity index is 722. The Kier molecular flexibility index (Phi) is 5.10. The van der Waals surface area contributed by atoms with Crippen molar-refractivity contribution in [1.82, 2.24) is 4.98 Å². The van der Waals surface area contributed by atoms with Crippen molar-refractivity contribution in [2.45, 2.75) is 6.54 Å². The van der Waals surface area contributed by atoms with Crippen LogP contribution in [0.25, 0.3) is 0 Å². The highest BCUT2D eigenvalue weighted by atomic mass is 19.2. The van der Waals surface area contributed by atoms with E-state index < -0.39 is 17.6 Å². The first kappa shape index (κ1) is 16.7. The summed E-state index contributed by atoms with van der Waals surface area (Å²) in [6.45, 7) is 0.310. The molecule has 2 rings (SSSR count). The van der Waals surface area contributed by atoms with Crippen LogP contribution in [-0.2, 0) is 11.3 Å². The number of pyridine rings is 1. The molecule has 0 N–H and O–H groups in total. The number of carbonyl (C=O) groups excluding carboxylic acids is 1. The minimum Gasteiger partial charge on any atom is -0.480 e. The number of ether oxygens (including phenoxy) is 2. The standard InChI is InChI=1S/C16H16F2N2O3/c1-20(9-10-4-6-12(17)13(18)8-10)14-7-5-11(16(21)23-3)15(19-14)22-2/h4-8H,9H2,1-3H3. The number of hydrogen-bond donors (Lipinski definition) is 0. The number of benzene rings is 1. The van der Waals surface area contributed by atoms with Crippen LogP contribution in [-0.4, -0.2) is 32.2 Å². The lowest BCUT2D eigenvalue weighted by Crippen LogP contribution is -2.18. The van der Waals surface area contributed by atoms with Gasteiger partial charge in [-0.2, -0.15) is 4.98 Å². The number of carbonyl (C=O) groups is 1. The second-order valence-electron chi connectivity index (χ2n) is 4.82. The van der Waals surface area contributed by atoms with E-state index in [0.717, 1.165) is 12.1 Å². The molecular weight excluding hydrogens is 306 g/mol. The van der Waals surface area contributed by atoms with Crippen molar-refractivity contribution in [1.29, 1.82) is 0 Å². The highest BCUT2D eigenvalue weighted by molar-refractivity contribution is 5.92. The van der Waals surface area contributed by atoms with Crippen LogP contribution >= 0.6 is 0 Å². The number of halogens is 2. The molecule has 0 atom stereocenters. The Hall–Kier alpha value is -2.70. The highest BCUT2D eigenvalue weighted by Gasteiger charge is 2.16. The molecule has 5 nitrogen and oxygen atoms in total. The Labute approximate surface area is 132 Å². The van der Waals surface area contributed by atoms with Crippen molar-refractivity contribution in [3.05, 3.63) is 53.1 Å². The summed E-state index contributed by atoms with van der Waals surface area (Å²) in [6, 6.07) is 6.86. The van der Waals surface area contributed by atoms with Gasteiger partial charge < -0.3 is 14.4 Å². The molecule has 0 spiro atoms. The zero-order chi connectivity index (χ0) is 17.0. The van der Waals surface area contributed by atoms with Gasteiger partial charge in [-0.15, -0.1) is 0 Å². The molecule has 0 bridgehead atoms. The number of aromatic nitrogens is 1. The maximum Gasteiger partial charge on any atom is 0.343 e. The van der Waals surface area contributed by atoms with Gasteiger partial charge in [0, 0.05) is 13.6 Å². The van der Waals surface area contributed by atoms with E-state index in [1.54, 1.807) is 18.0 Å². The molecule has 2 aromatic rings. The lowest BCUT2D eigenvalue weighted by molar-refractivity contribution is 0.0596. The third kappa shape index (κ3) is 3.74. The SMILES string of the molecule is COC(=O)c1ccc(N(C)Cc2ccc(F)c(F)c2)nc1OC. The average molecular weight is 322 g/mol. The minimum atomic E-state index is -0.900. The van der Waals surface area contributed by atoms with E-state index in [4.69, 9.17) is 4.74 Å². The lowest BCUT2D eigenvalue weighted by Gasteiger charge is -2.19. The summed E-state index contributed by atoms with van der Waals surface area (Å²) in [5.41, 5.74) is 0.796. The Morgan fingerprint density at radius 3 is 2.52 bits per heavy atom. The number of anilines is 1. The van der Waals surface area contributed by atoms with Gasteiger partial charge >= 0.3 is 5.97 Å². The smallest absolute Gasteiger partial charge is 0.343 e. The first-order chi connectivity index (χ1) is 11.0. The lowest BCUT2D eigenvalue weighted by atomic mass is 10.2. The summed E-state index contributed by atoms with van der Waals surface area (Å²) in [5, 5.41) is 0. The molecule has 0 fully saturated rings. The summed E-state index contributed by atoms with van der Waals surface area (Å²) in [7, 11) is 4.40. The fraction of sp³-hybridized carbons (Fsp3) is 0.250. The second-order valence-corrected chi connectivity index (χ2v) is 4.82. The number of nitrogens with zero attached hydrogens (tertiary/aromatic N) is 2. The minimum absolute atomic E-state index is 0.131. The first-order valence-electron chi connectivity index (χ1n) is 6.74. The molecule has 1 aromatic carbocycles. The molecule has 0 unspecified atom stereocenters. The van der Waals surface area contributed by atoms with Crippen LogP contribution in [0.15, 0.2) is 30.3 Å². The number of hydrogen-bond acceptors (Lipinski definition) is 5. The van der Waals surface area contributed by atoms with Gasteiger partial charge in [-0.3, -0.25) is 0 Å². The van der Waals surface area contributed by atoms with E-state index in [1.165, 1.54) is 26.4 Å². The van der Waals surface area contributed by atoms with Gasteiger partial charge in [-0.25, -0.2) is 13.6 Å². The molecular formula is C16H16F2N2O3. The molecule has 1 heterocycles. The van der Waals surface area contributed by atoms with Gasteiger partial charge in [0.05, 0.1) is 14.2 Å². The van der Waals surface area contributed by atoms with Crippen LogP contribution in [0.4, 0.5) is 14.6 Å². The van der Waals surface area contributed by atoms with Crippen molar-refractivity contribution in [3.63, 3.8) is 0 Å². The van der Waals surface area contributed by atoms with Crippen molar-refractivity contribution >= 4 is 11.8 Å². The van der Waals surface area contributed by atoms with E-state index in [2.05, 4.69) is 9.72 Å². The first-order valence-corrected chi connectivity index (χ1v) is 6.74. The number of esters is 1. The third-order valence-electron chi connectivity index (χ3n) is 3.24. The molecule has 0 aliphatic rings. The van der Waals surface area contributed by atoms with Crippen LogP contribution in [0, 0.1) is 11.6 Å². The molecule has 0 saturated carbocycles. The van der Waals surface area contributed by atoms with Crippen molar-refractivity contribution < 1.29 is 23.0 Å². The molecule has 0 aliphatic carbocycles.